The van der Waals surface area contributed by atoms with Crippen LogP contribution >= 0.6 is 24.0 Å². The number of hydrogen-bond acceptors (Lipinski definition) is 4. The van der Waals surface area contributed by atoms with Gasteiger partial charge in [0.1, 0.15) is 11.3 Å². The van der Waals surface area contributed by atoms with Gasteiger partial charge in [-0.1, -0.05) is 42.5 Å². The number of halogens is 1. The summed E-state index contributed by atoms with van der Waals surface area (Å²) in [6.45, 7) is 5.86. The molecule has 0 fully saturated rings. The van der Waals surface area contributed by atoms with Crippen LogP contribution in [0.4, 0.5) is 0 Å². The van der Waals surface area contributed by atoms with E-state index in [0.717, 1.165) is 40.0 Å². The summed E-state index contributed by atoms with van der Waals surface area (Å²) < 4.78 is 28.7. The third-order valence-electron chi connectivity index (χ3n) is 4.57. The van der Waals surface area contributed by atoms with E-state index in [1.165, 1.54) is 6.26 Å². The molecule has 0 atom stereocenters. The quantitative estimate of drug-likeness (QED) is 0.267. The second kappa shape index (κ2) is 10.8. The van der Waals surface area contributed by atoms with Gasteiger partial charge in [-0.2, -0.15) is 0 Å². The topological polar surface area (TPSA) is 83.7 Å². The lowest BCUT2D eigenvalue weighted by atomic mass is 10.1. The van der Waals surface area contributed by atoms with Gasteiger partial charge in [0.25, 0.3) is 0 Å². The molecule has 8 heteroatoms. The largest absolute Gasteiger partial charge is 0.459 e. The lowest BCUT2D eigenvalue weighted by Crippen LogP contribution is -2.36. The van der Waals surface area contributed by atoms with Crippen LogP contribution in [0.1, 0.15) is 29.4 Å². The van der Waals surface area contributed by atoms with Gasteiger partial charge in [-0.3, -0.25) is 0 Å². The zero-order valence-electron chi connectivity index (χ0n) is 17.4. The molecule has 0 aliphatic carbocycles. The number of benzene rings is 2. The number of hydrogen-bond donors (Lipinski definition) is 2. The van der Waals surface area contributed by atoms with Crippen molar-refractivity contribution in [2.24, 2.45) is 4.99 Å². The Labute approximate surface area is 195 Å². The predicted molar refractivity (Wildman–Crippen MR) is 133 cm³/mol. The van der Waals surface area contributed by atoms with Crippen LogP contribution in [0.3, 0.4) is 0 Å². The number of furan rings is 1. The minimum atomic E-state index is -3.03. The Morgan fingerprint density at radius 2 is 1.70 bits per heavy atom. The van der Waals surface area contributed by atoms with Gasteiger partial charge >= 0.3 is 0 Å². The summed E-state index contributed by atoms with van der Waals surface area (Å²) in [6.07, 6.45) is 1.24. The maximum atomic E-state index is 11.4. The lowest BCUT2D eigenvalue weighted by molar-refractivity contribution is 0.534. The van der Waals surface area contributed by atoms with Crippen molar-refractivity contribution in [3.8, 4) is 0 Å². The summed E-state index contributed by atoms with van der Waals surface area (Å²) >= 11 is 0. The molecule has 3 aromatic rings. The molecule has 6 nitrogen and oxygen atoms in total. The van der Waals surface area contributed by atoms with E-state index >= 15 is 0 Å². The van der Waals surface area contributed by atoms with E-state index in [0.29, 0.717) is 19.0 Å². The summed E-state index contributed by atoms with van der Waals surface area (Å²) in [5, 5.41) is 7.68. The zero-order valence-corrected chi connectivity index (χ0v) is 20.6. The van der Waals surface area contributed by atoms with E-state index in [4.69, 9.17) is 4.42 Å². The monoisotopic (exact) mass is 541 g/mol. The van der Waals surface area contributed by atoms with Crippen LogP contribution in [0.25, 0.3) is 11.0 Å². The Kier molecular flexibility index (Phi) is 8.72. The van der Waals surface area contributed by atoms with E-state index in [1.54, 1.807) is 0 Å². The third-order valence-corrected chi connectivity index (χ3v) is 5.43. The fourth-order valence-electron chi connectivity index (χ4n) is 3.11. The first kappa shape index (κ1) is 24.2. The van der Waals surface area contributed by atoms with E-state index < -0.39 is 9.84 Å². The molecule has 0 spiro atoms. The number of fused-ring (bicyclic) bond motifs is 1. The van der Waals surface area contributed by atoms with Crippen molar-refractivity contribution < 1.29 is 12.8 Å². The van der Waals surface area contributed by atoms with Gasteiger partial charge in [-0.25, -0.2) is 13.4 Å². The first-order valence-electron chi connectivity index (χ1n) is 9.60. The van der Waals surface area contributed by atoms with Crippen LogP contribution in [0.2, 0.25) is 0 Å². The first-order chi connectivity index (χ1) is 13.9. The molecule has 0 aliphatic heterocycles. The van der Waals surface area contributed by atoms with Gasteiger partial charge in [-0.05, 0) is 31.0 Å². The van der Waals surface area contributed by atoms with Crippen molar-refractivity contribution in [3.63, 3.8) is 0 Å². The molecule has 162 valence electrons. The second-order valence-electron chi connectivity index (χ2n) is 7.08. The number of nitrogens with one attached hydrogen (secondary N) is 2. The zero-order chi connectivity index (χ0) is 20.9. The summed E-state index contributed by atoms with van der Waals surface area (Å²) in [4.78, 5) is 4.62. The molecule has 0 bridgehead atoms. The van der Waals surface area contributed by atoms with E-state index in [9.17, 15) is 8.42 Å². The van der Waals surface area contributed by atoms with Crippen molar-refractivity contribution in [3.05, 3.63) is 71.0 Å². The molecule has 1 heterocycles. The number of nitrogens with zero attached hydrogens (tertiary/aromatic N) is 1. The molecule has 3 rings (SSSR count). The number of guanidine groups is 1. The van der Waals surface area contributed by atoms with E-state index in [-0.39, 0.29) is 29.7 Å². The van der Waals surface area contributed by atoms with Crippen LogP contribution < -0.4 is 10.6 Å². The highest BCUT2D eigenvalue weighted by molar-refractivity contribution is 14.0. The van der Waals surface area contributed by atoms with Crippen molar-refractivity contribution >= 4 is 50.7 Å². The highest BCUT2D eigenvalue weighted by Crippen LogP contribution is 2.24. The predicted octanol–water partition coefficient (Wildman–Crippen LogP) is 4.16. The normalized spacial score (nSPS) is 11.9. The smallest absolute Gasteiger partial charge is 0.191 e. The van der Waals surface area contributed by atoms with Gasteiger partial charge in [0.2, 0.25) is 0 Å². The van der Waals surface area contributed by atoms with Crippen LogP contribution in [0.5, 0.6) is 0 Å². The van der Waals surface area contributed by atoms with Crippen molar-refractivity contribution in [2.45, 2.75) is 32.7 Å². The maximum Gasteiger partial charge on any atom is 0.191 e. The third kappa shape index (κ3) is 6.73. The molecule has 0 amide bonds. The molecule has 2 aromatic carbocycles. The van der Waals surface area contributed by atoms with Crippen LogP contribution in [0, 0.1) is 6.92 Å². The number of para-hydroxylation sites is 1. The molecule has 0 unspecified atom stereocenters. The van der Waals surface area contributed by atoms with Crippen LogP contribution in [0.15, 0.2) is 57.9 Å². The molecular weight excluding hydrogens is 513 g/mol. The van der Waals surface area contributed by atoms with Crippen molar-refractivity contribution in [1.82, 2.24) is 10.6 Å². The Morgan fingerprint density at radius 3 is 2.33 bits per heavy atom. The highest BCUT2D eigenvalue weighted by Gasteiger charge is 2.10. The minimum absolute atomic E-state index is 0. The first-order valence-corrected chi connectivity index (χ1v) is 11.7. The summed E-state index contributed by atoms with van der Waals surface area (Å²) in [6, 6.07) is 15.5. The second-order valence-corrected chi connectivity index (χ2v) is 9.22. The standard InChI is InChI=1S/C22H27N3O3S.HI/c1-4-23-22(24-13-17-9-11-18(12-10-17)15-29(3,26)27)25-14-21-16(2)19-7-5-6-8-20(19)28-21;/h5-12H,4,13-15H2,1-3H3,(H2,23,24,25);1H. The van der Waals surface area contributed by atoms with Crippen molar-refractivity contribution in [2.75, 3.05) is 12.8 Å². The molecule has 0 saturated heterocycles. The van der Waals surface area contributed by atoms with E-state index in [1.807, 2.05) is 49.4 Å². The average Bonchev–Trinajstić information content (AvgIpc) is 3.00. The van der Waals surface area contributed by atoms with E-state index in [2.05, 4.69) is 28.6 Å². The Hall–Kier alpha value is -2.07. The molecular formula is C22H28IN3O3S. The molecule has 0 aliphatic rings. The highest BCUT2D eigenvalue weighted by atomic mass is 127. The number of rotatable bonds is 7. The molecule has 1 aromatic heterocycles. The van der Waals surface area contributed by atoms with Gasteiger partial charge < -0.3 is 15.1 Å². The Bertz CT molecular complexity index is 1110. The maximum absolute atomic E-state index is 11.4. The lowest BCUT2D eigenvalue weighted by Gasteiger charge is -2.11. The summed E-state index contributed by atoms with van der Waals surface area (Å²) in [5.41, 5.74) is 3.81. The summed E-state index contributed by atoms with van der Waals surface area (Å²) in [7, 11) is -3.03. The fraction of sp³-hybridized carbons (Fsp3) is 0.318. The number of sulfone groups is 1. The molecule has 0 saturated carbocycles. The van der Waals surface area contributed by atoms with Crippen LogP contribution in [-0.4, -0.2) is 27.2 Å². The van der Waals surface area contributed by atoms with Crippen molar-refractivity contribution in [1.29, 1.82) is 0 Å². The van der Waals surface area contributed by atoms with Crippen LogP contribution in [-0.2, 0) is 28.7 Å². The number of aryl methyl sites for hydroxylation is 1. The Balaban J connectivity index is 0.00000320. The van der Waals surface area contributed by atoms with Gasteiger partial charge in [0, 0.05) is 23.8 Å². The van der Waals surface area contributed by atoms with Gasteiger partial charge in [0.05, 0.1) is 18.8 Å². The van der Waals surface area contributed by atoms with Gasteiger partial charge in [0.15, 0.2) is 15.8 Å². The Morgan fingerprint density at radius 1 is 1.03 bits per heavy atom. The SMILES string of the molecule is CCNC(=NCc1ccc(CS(C)(=O)=O)cc1)NCc1oc2ccccc2c1C.I. The van der Waals surface area contributed by atoms with Gasteiger partial charge in [-0.15, -0.1) is 24.0 Å². The molecule has 30 heavy (non-hydrogen) atoms. The number of aliphatic imine (C=N–C) groups is 1. The summed E-state index contributed by atoms with van der Waals surface area (Å²) in [5.74, 6) is 1.65. The average molecular weight is 541 g/mol. The molecule has 0 radical (unpaired) electrons. The fourth-order valence-corrected chi connectivity index (χ4v) is 3.91. The molecule has 2 N–H and O–H groups in total. The minimum Gasteiger partial charge on any atom is -0.459 e.